The highest BCUT2D eigenvalue weighted by molar-refractivity contribution is 6.07. The van der Waals surface area contributed by atoms with Crippen LogP contribution < -0.4 is 26.0 Å². The van der Waals surface area contributed by atoms with E-state index in [2.05, 4.69) is 41.2 Å². The molecule has 0 saturated carbocycles. The number of methoxy groups -OCH3 is 2. The Labute approximate surface area is 271 Å². The standard InChI is InChI=1S/C26H27F4N7O5.C2HF3O2/c1-41-17-4-13(3-15(7-17)26(28,29)30)19(8-23(39)42-2)35-22(38)12-31-24(40)14-5-20(18-11-34-37-21(18)6-14)36-25-32-9-16(27)10-33-25;3-2(4,5)1(6)7/h3-7,11,16,19H,8-10,12H2,1-2H3,(H,31,40)(H,34,37)(H,35,38)(H2,32,33,36);(H,6,7)/t19-;/m0./s1. The van der Waals surface area contributed by atoms with Crippen LogP contribution in [0.25, 0.3) is 10.9 Å². The van der Waals surface area contributed by atoms with Gasteiger partial charge in [-0.2, -0.15) is 31.4 Å². The van der Waals surface area contributed by atoms with Gasteiger partial charge in [0.2, 0.25) is 5.91 Å². The van der Waals surface area contributed by atoms with Crippen molar-refractivity contribution in [2.75, 3.05) is 39.2 Å². The van der Waals surface area contributed by atoms with Gasteiger partial charge in [0.25, 0.3) is 5.91 Å². The van der Waals surface area contributed by atoms with E-state index in [1.807, 2.05) is 0 Å². The zero-order chi connectivity index (χ0) is 36.5. The molecule has 21 heteroatoms. The lowest BCUT2D eigenvalue weighted by molar-refractivity contribution is -0.192. The van der Waals surface area contributed by atoms with E-state index in [1.54, 1.807) is 0 Å². The molecule has 0 fully saturated rings. The van der Waals surface area contributed by atoms with Crippen LogP contribution in [0.15, 0.2) is 41.5 Å². The molecule has 0 spiro atoms. The van der Waals surface area contributed by atoms with E-state index in [4.69, 9.17) is 14.6 Å². The van der Waals surface area contributed by atoms with E-state index >= 15 is 0 Å². The summed E-state index contributed by atoms with van der Waals surface area (Å²) < 4.78 is 95.1. The summed E-state index contributed by atoms with van der Waals surface area (Å²) in [4.78, 5) is 50.7. The summed E-state index contributed by atoms with van der Waals surface area (Å²) in [5.41, 5.74) is -0.0186. The van der Waals surface area contributed by atoms with E-state index < -0.39 is 66.8 Å². The van der Waals surface area contributed by atoms with Crippen LogP contribution in [0.5, 0.6) is 5.75 Å². The minimum Gasteiger partial charge on any atom is -0.497 e. The van der Waals surface area contributed by atoms with Crippen LogP contribution in [-0.4, -0.2) is 91.2 Å². The van der Waals surface area contributed by atoms with Crippen LogP contribution in [0, 0.1) is 0 Å². The number of rotatable bonds is 9. The third-order valence-corrected chi connectivity index (χ3v) is 6.49. The van der Waals surface area contributed by atoms with Gasteiger partial charge >= 0.3 is 24.3 Å². The number of ether oxygens (including phenoxy) is 2. The van der Waals surface area contributed by atoms with Gasteiger partial charge in [-0.15, -0.1) is 0 Å². The number of anilines is 1. The number of hydrogen-bond acceptors (Lipinski definition) is 10. The molecule has 1 aliphatic heterocycles. The lowest BCUT2D eigenvalue weighted by Crippen LogP contribution is -2.41. The van der Waals surface area contributed by atoms with E-state index in [9.17, 15) is 45.1 Å². The molecular formula is C28H28F7N7O7. The predicted molar refractivity (Wildman–Crippen MR) is 156 cm³/mol. The molecule has 2 aromatic carbocycles. The fraction of sp³-hybridized carbons (Fsp3) is 0.357. The number of fused-ring (bicyclic) bond motifs is 1. The number of carbonyl (C=O) groups is 4. The third-order valence-electron chi connectivity index (χ3n) is 6.49. The molecule has 0 bridgehead atoms. The number of benzene rings is 2. The SMILES string of the molecule is COC(=O)C[C@H](NC(=O)CNC(=O)c1cc(NC2=NCC(F)CN2)c2cn[nH]c2c1)c1cc(OC)cc(C(F)(F)F)c1.O=C(O)C(F)(F)F. The molecule has 1 aromatic heterocycles. The number of alkyl halides is 7. The Morgan fingerprint density at radius 2 is 1.76 bits per heavy atom. The maximum absolute atomic E-state index is 13.4. The van der Waals surface area contributed by atoms with Crippen molar-refractivity contribution >= 4 is 46.3 Å². The second kappa shape index (κ2) is 16.0. The number of nitrogens with one attached hydrogen (secondary N) is 5. The lowest BCUT2D eigenvalue weighted by atomic mass is 10.00. The second-order valence-electron chi connectivity index (χ2n) is 10.0. The van der Waals surface area contributed by atoms with Gasteiger partial charge in [0.15, 0.2) is 5.96 Å². The van der Waals surface area contributed by atoms with Crippen molar-refractivity contribution < 1.29 is 64.5 Å². The van der Waals surface area contributed by atoms with Crippen molar-refractivity contribution in [2.24, 2.45) is 4.99 Å². The summed E-state index contributed by atoms with van der Waals surface area (Å²) in [7, 11) is 2.28. The first-order valence-corrected chi connectivity index (χ1v) is 13.8. The lowest BCUT2D eigenvalue weighted by Gasteiger charge is -2.21. The van der Waals surface area contributed by atoms with Gasteiger partial charge in [0.05, 0.1) is 69.3 Å². The number of aromatic amines is 1. The van der Waals surface area contributed by atoms with Crippen LogP contribution >= 0.6 is 0 Å². The normalized spacial score (nSPS) is 15.0. The maximum atomic E-state index is 13.4. The van der Waals surface area contributed by atoms with Gasteiger partial charge in [-0.25, -0.2) is 14.2 Å². The fourth-order valence-electron chi connectivity index (χ4n) is 4.13. The third kappa shape index (κ3) is 11.0. The number of carboxylic acids is 1. The van der Waals surface area contributed by atoms with Crippen LogP contribution in [0.4, 0.5) is 36.4 Å². The van der Waals surface area contributed by atoms with E-state index in [0.717, 1.165) is 19.2 Å². The van der Waals surface area contributed by atoms with Crippen molar-refractivity contribution in [3.05, 3.63) is 53.2 Å². The Kier molecular flexibility index (Phi) is 12.3. The Bertz CT molecular complexity index is 1710. The predicted octanol–water partition coefficient (Wildman–Crippen LogP) is 3.08. The van der Waals surface area contributed by atoms with Gasteiger partial charge in [-0.05, 0) is 35.9 Å². The number of amides is 2. The number of aliphatic carboxylic acids is 1. The van der Waals surface area contributed by atoms with E-state index in [-0.39, 0.29) is 30.0 Å². The summed E-state index contributed by atoms with van der Waals surface area (Å²) in [5, 5.41) is 25.2. The Morgan fingerprint density at radius 1 is 1.06 bits per heavy atom. The van der Waals surface area contributed by atoms with Gasteiger partial charge in [0.1, 0.15) is 11.9 Å². The minimum atomic E-state index is -5.08. The van der Waals surface area contributed by atoms with E-state index in [0.29, 0.717) is 22.5 Å². The number of hydrogen-bond donors (Lipinski definition) is 6. The van der Waals surface area contributed by atoms with Crippen molar-refractivity contribution in [3.63, 3.8) is 0 Å². The first kappa shape index (κ1) is 37.8. The molecule has 4 rings (SSSR count). The summed E-state index contributed by atoms with van der Waals surface area (Å²) in [5.74, 6) is -4.80. The molecule has 0 saturated heterocycles. The largest absolute Gasteiger partial charge is 0.497 e. The summed E-state index contributed by atoms with van der Waals surface area (Å²) in [6.07, 6.45) is -9.86. The molecule has 2 heterocycles. The van der Waals surface area contributed by atoms with Crippen molar-refractivity contribution in [2.45, 2.75) is 31.0 Å². The number of esters is 1. The first-order chi connectivity index (χ1) is 22.9. The molecule has 0 aliphatic carbocycles. The Balaban J connectivity index is 0.000000838. The molecule has 6 N–H and O–H groups in total. The van der Waals surface area contributed by atoms with Crippen molar-refractivity contribution in [1.82, 2.24) is 26.1 Å². The molecule has 0 radical (unpaired) electrons. The minimum absolute atomic E-state index is 0.0244. The monoisotopic (exact) mass is 707 g/mol. The highest BCUT2D eigenvalue weighted by atomic mass is 19.4. The highest BCUT2D eigenvalue weighted by Gasteiger charge is 2.38. The molecule has 1 unspecified atom stereocenters. The average molecular weight is 708 g/mol. The second-order valence-corrected chi connectivity index (χ2v) is 10.0. The molecule has 49 heavy (non-hydrogen) atoms. The van der Waals surface area contributed by atoms with E-state index in [1.165, 1.54) is 31.5 Å². The van der Waals surface area contributed by atoms with Gasteiger partial charge < -0.3 is 35.8 Å². The van der Waals surface area contributed by atoms with Gasteiger partial charge in [-0.3, -0.25) is 19.5 Å². The highest BCUT2D eigenvalue weighted by Crippen LogP contribution is 2.35. The van der Waals surface area contributed by atoms with Gasteiger partial charge in [0, 0.05) is 10.9 Å². The summed E-state index contributed by atoms with van der Waals surface area (Å²) >= 11 is 0. The molecule has 3 aromatic rings. The molecule has 2 amide bonds. The summed E-state index contributed by atoms with van der Waals surface area (Å²) in [6, 6.07) is 4.62. The maximum Gasteiger partial charge on any atom is 0.490 e. The quantitative estimate of drug-likeness (QED) is 0.142. The number of H-pyrrole nitrogens is 1. The summed E-state index contributed by atoms with van der Waals surface area (Å²) in [6.45, 7) is -0.522. The van der Waals surface area contributed by atoms with Crippen molar-refractivity contribution in [3.8, 4) is 5.75 Å². The number of carboxylic acid groups (broad SMARTS) is 1. The number of halogens is 7. The van der Waals surface area contributed by atoms with Crippen LogP contribution in [0.3, 0.4) is 0 Å². The van der Waals surface area contributed by atoms with Gasteiger partial charge in [-0.1, -0.05) is 0 Å². The zero-order valence-corrected chi connectivity index (χ0v) is 25.4. The Hall–Kier alpha value is -5.63. The smallest absolute Gasteiger partial charge is 0.490 e. The molecule has 2 atom stereocenters. The first-order valence-electron chi connectivity index (χ1n) is 13.8. The van der Waals surface area contributed by atoms with Crippen molar-refractivity contribution in [1.29, 1.82) is 0 Å². The number of guanidine groups is 1. The number of aliphatic imine (C=N–C) groups is 1. The molecular weight excluding hydrogens is 679 g/mol. The fourth-order valence-corrected chi connectivity index (χ4v) is 4.13. The Morgan fingerprint density at radius 3 is 2.33 bits per heavy atom. The molecule has 266 valence electrons. The number of carbonyl (C=O) groups excluding carboxylic acids is 3. The molecule has 1 aliphatic rings. The van der Waals surface area contributed by atoms with Crippen LogP contribution in [0.1, 0.15) is 33.9 Å². The number of nitrogens with zero attached hydrogens (tertiary/aromatic N) is 2. The average Bonchev–Trinajstić information content (AvgIpc) is 3.52. The zero-order valence-electron chi connectivity index (χ0n) is 25.4. The van der Waals surface area contributed by atoms with Crippen LogP contribution in [0.2, 0.25) is 0 Å². The topological polar surface area (TPSA) is 196 Å². The number of aromatic nitrogens is 2. The van der Waals surface area contributed by atoms with Crippen LogP contribution in [-0.2, 0) is 25.3 Å². The molecule has 14 nitrogen and oxygen atoms in total.